The van der Waals surface area contributed by atoms with Gasteiger partial charge in [0.2, 0.25) is 0 Å². The first-order valence-corrected chi connectivity index (χ1v) is 9.04. The predicted molar refractivity (Wildman–Crippen MR) is 109 cm³/mol. The van der Waals surface area contributed by atoms with Gasteiger partial charge in [0.1, 0.15) is 11.5 Å². The molecule has 0 bridgehead atoms. The molecule has 0 aliphatic carbocycles. The zero-order valence-electron chi connectivity index (χ0n) is 16.8. The Morgan fingerprint density at radius 3 is 2.13 bits per heavy atom. The van der Waals surface area contributed by atoms with Crippen molar-refractivity contribution in [3.8, 4) is 11.5 Å². The van der Waals surface area contributed by atoms with Gasteiger partial charge in [0.05, 0.1) is 43.7 Å². The zero-order valence-corrected chi connectivity index (χ0v) is 16.8. The number of nitrogens with zero attached hydrogens (tertiary/aromatic N) is 2. The second-order valence-electron chi connectivity index (χ2n) is 6.74. The fraction of sp³-hybridized carbons (Fsp3) is 0.182. The largest absolute Gasteiger partial charge is 0.497 e. The number of hydrogen-bond donors (Lipinski definition) is 0. The molecule has 0 N–H and O–H groups in total. The minimum Gasteiger partial charge on any atom is -0.497 e. The summed E-state index contributed by atoms with van der Waals surface area (Å²) in [4.78, 5) is 44.5. The molecular formula is C22H18N2O6. The summed E-state index contributed by atoms with van der Waals surface area (Å²) in [5.74, 6) is -1.20. The van der Waals surface area contributed by atoms with E-state index in [4.69, 9.17) is 14.2 Å². The molecule has 1 aromatic heterocycles. The van der Waals surface area contributed by atoms with Crippen LogP contribution in [0.2, 0.25) is 0 Å². The molecule has 152 valence electrons. The standard InChI is InChI=1S/C22H18N2O6/c1-11-5-6-16-15(7-11)17-18(19(23-16)22(27)30-4)21(26)24(20(17)25)12-8-13(28-2)10-14(9-12)29-3/h5-10H,1-4H3. The number of anilines is 1. The molecular weight excluding hydrogens is 388 g/mol. The number of ether oxygens (including phenoxy) is 3. The lowest BCUT2D eigenvalue weighted by Crippen LogP contribution is -2.29. The Morgan fingerprint density at radius 1 is 0.900 bits per heavy atom. The van der Waals surface area contributed by atoms with Crippen LogP contribution >= 0.6 is 0 Å². The van der Waals surface area contributed by atoms with E-state index < -0.39 is 17.8 Å². The normalized spacial score (nSPS) is 12.9. The predicted octanol–water partition coefficient (Wildman–Crippen LogP) is 3.15. The summed E-state index contributed by atoms with van der Waals surface area (Å²) in [5, 5.41) is 0.494. The molecule has 4 rings (SSSR count). The number of aromatic nitrogens is 1. The fourth-order valence-corrected chi connectivity index (χ4v) is 3.52. The van der Waals surface area contributed by atoms with Crippen molar-refractivity contribution in [2.75, 3.05) is 26.2 Å². The summed E-state index contributed by atoms with van der Waals surface area (Å²) < 4.78 is 15.3. The van der Waals surface area contributed by atoms with Gasteiger partial charge >= 0.3 is 5.97 Å². The maximum Gasteiger partial charge on any atom is 0.357 e. The van der Waals surface area contributed by atoms with E-state index >= 15 is 0 Å². The maximum atomic E-state index is 13.4. The van der Waals surface area contributed by atoms with E-state index in [9.17, 15) is 14.4 Å². The van der Waals surface area contributed by atoms with Crippen LogP contribution in [0.4, 0.5) is 5.69 Å². The molecule has 0 saturated heterocycles. The average molecular weight is 406 g/mol. The van der Waals surface area contributed by atoms with E-state index in [1.54, 1.807) is 30.3 Å². The van der Waals surface area contributed by atoms with Crippen molar-refractivity contribution in [1.82, 2.24) is 4.98 Å². The van der Waals surface area contributed by atoms with Crippen LogP contribution < -0.4 is 14.4 Å². The second kappa shape index (κ2) is 7.14. The number of hydrogen-bond acceptors (Lipinski definition) is 7. The molecule has 1 aliphatic heterocycles. The lowest BCUT2D eigenvalue weighted by Gasteiger charge is -2.16. The third-order valence-corrected chi connectivity index (χ3v) is 4.95. The molecule has 0 radical (unpaired) electrons. The Hall–Kier alpha value is -3.94. The van der Waals surface area contributed by atoms with Crippen molar-refractivity contribution < 1.29 is 28.6 Å². The SMILES string of the molecule is COC(=O)c1nc2ccc(C)cc2c2c1C(=O)N(c1cc(OC)cc(OC)c1)C2=O. The van der Waals surface area contributed by atoms with Crippen LogP contribution in [0.5, 0.6) is 11.5 Å². The molecule has 30 heavy (non-hydrogen) atoms. The lowest BCUT2D eigenvalue weighted by molar-refractivity contribution is 0.0590. The van der Waals surface area contributed by atoms with Crippen LogP contribution in [-0.4, -0.2) is 44.1 Å². The first-order chi connectivity index (χ1) is 14.4. The fourth-order valence-electron chi connectivity index (χ4n) is 3.52. The van der Waals surface area contributed by atoms with Crippen LogP contribution in [0.25, 0.3) is 10.9 Å². The summed E-state index contributed by atoms with van der Waals surface area (Å²) in [6.45, 7) is 1.87. The van der Waals surface area contributed by atoms with E-state index in [1.165, 1.54) is 21.3 Å². The van der Waals surface area contributed by atoms with Gasteiger partial charge in [-0.3, -0.25) is 9.59 Å². The molecule has 0 atom stereocenters. The minimum atomic E-state index is -0.792. The third-order valence-electron chi connectivity index (χ3n) is 4.95. The van der Waals surface area contributed by atoms with Crippen LogP contribution in [0, 0.1) is 6.92 Å². The van der Waals surface area contributed by atoms with Crippen LogP contribution in [0.3, 0.4) is 0 Å². The first-order valence-electron chi connectivity index (χ1n) is 9.04. The monoisotopic (exact) mass is 406 g/mol. The number of pyridine rings is 1. The van der Waals surface area contributed by atoms with Gasteiger partial charge in [-0.1, -0.05) is 11.6 Å². The molecule has 0 unspecified atom stereocenters. The molecule has 0 spiro atoms. The highest BCUT2D eigenvalue weighted by atomic mass is 16.5. The highest BCUT2D eigenvalue weighted by Crippen LogP contribution is 2.37. The third kappa shape index (κ3) is 2.85. The van der Waals surface area contributed by atoms with Gasteiger partial charge in [-0.25, -0.2) is 14.7 Å². The number of esters is 1. The highest BCUT2D eigenvalue weighted by Gasteiger charge is 2.42. The van der Waals surface area contributed by atoms with E-state index in [0.717, 1.165) is 10.5 Å². The minimum absolute atomic E-state index is 0.0771. The molecule has 8 nitrogen and oxygen atoms in total. The lowest BCUT2D eigenvalue weighted by atomic mass is 10.0. The molecule has 2 heterocycles. The first kappa shape index (κ1) is 19.4. The number of amides is 2. The Balaban J connectivity index is 2.00. The number of carbonyl (C=O) groups is 3. The molecule has 0 fully saturated rings. The van der Waals surface area contributed by atoms with Crippen molar-refractivity contribution in [3.63, 3.8) is 0 Å². The Bertz CT molecular complexity index is 1210. The summed E-state index contributed by atoms with van der Waals surface area (Å²) in [6.07, 6.45) is 0. The number of rotatable bonds is 4. The van der Waals surface area contributed by atoms with Gasteiger partial charge in [0.15, 0.2) is 5.69 Å². The number of carbonyl (C=O) groups excluding carboxylic acids is 3. The average Bonchev–Trinajstić information content (AvgIpc) is 3.03. The van der Waals surface area contributed by atoms with Crippen molar-refractivity contribution in [1.29, 1.82) is 0 Å². The number of fused-ring (bicyclic) bond motifs is 3. The van der Waals surface area contributed by atoms with Crippen molar-refractivity contribution in [2.24, 2.45) is 0 Å². The van der Waals surface area contributed by atoms with E-state index in [2.05, 4.69) is 4.98 Å². The topological polar surface area (TPSA) is 95.0 Å². The van der Waals surface area contributed by atoms with Gasteiger partial charge in [0.25, 0.3) is 11.8 Å². The van der Waals surface area contributed by atoms with E-state index in [1.807, 2.05) is 13.0 Å². The maximum absolute atomic E-state index is 13.4. The Morgan fingerprint density at radius 2 is 1.53 bits per heavy atom. The van der Waals surface area contributed by atoms with Crippen LogP contribution in [0.1, 0.15) is 36.8 Å². The Kier molecular flexibility index (Phi) is 4.62. The van der Waals surface area contributed by atoms with E-state index in [0.29, 0.717) is 22.4 Å². The smallest absolute Gasteiger partial charge is 0.357 e. The van der Waals surface area contributed by atoms with Gasteiger partial charge in [0, 0.05) is 23.6 Å². The summed E-state index contributed by atoms with van der Waals surface area (Å²) in [7, 11) is 4.13. The highest BCUT2D eigenvalue weighted by molar-refractivity contribution is 6.39. The number of aryl methyl sites for hydroxylation is 1. The number of benzene rings is 2. The summed E-state index contributed by atoms with van der Waals surface area (Å²) in [6, 6.07) is 10.00. The summed E-state index contributed by atoms with van der Waals surface area (Å²) >= 11 is 0. The van der Waals surface area contributed by atoms with Crippen LogP contribution in [-0.2, 0) is 4.74 Å². The van der Waals surface area contributed by atoms with Crippen molar-refractivity contribution in [2.45, 2.75) is 6.92 Å². The van der Waals surface area contributed by atoms with Crippen molar-refractivity contribution >= 4 is 34.4 Å². The van der Waals surface area contributed by atoms with Crippen LogP contribution in [0.15, 0.2) is 36.4 Å². The second-order valence-corrected chi connectivity index (χ2v) is 6.74. The summed E-state index contributed by atoms with van der Waals surface area (Å²) in [5.41, 5.74) is 1.42. The number of imide groups is 1. The zero-order chi connectivity index (χ0) is 21.6. The molecule has 1 aliphatic rings. The van der Waals surface area contributed by atoms with Gasteiger partial charge in [-0.2, -0.15) is 0 Å². The van der Waals surface area contributed by atoms with Gasteiger partial charge < -0.3 is 14.2 Å². The molecule has 2 aromatic carbocycles. The van der Waals surface area contributed by atoms with Gasteiger partial charge in [-0.15, -0.1) is 0 Å². The van der Waals surface area contributed by atoms with Gasteiger partial charge in [-0.05, 0) is 19.1 Å². The number of methoxy groups -OCH3 is 3. The molecule has 0 saturated carbocycles. The molecule has 8 heteroatoms. The van der Waals surface area contributed by atoms with E-state index in [-0.39, 0.29) is 22.5 Å². The molecule has 2 amide bonds. The quantitative estimate of drug-likeness (QED) is 0.485. The molecule has 3 aromatic rings. The Labute approximate surface area is 172 Å². The van der Waals surface area contributed by atoms with Crippen molar-refractivity contribution in [3.05, 3.63) is 58.8 Å².